The van der Waals surface area contributed by atoms with Gasteiger partial charge in [0.1, 0.15) is 0 Å². The smallest absolute Gasteiger partial charge is 0.250 e. The molecule has 1 aromatic heterocycles. The zero-order valence-corrected chi connectivity index (χ0v) is 14.4. The van der Waals surface area contributed by atoms with Crippen molar-refractivity contribution in [3.05, 3.63) is 0 Å². The molecule has 3 fully saturated rings. The SMILES string of the molecule is C1CCC(=NNc2nc(N3CCCC3)nc(N3CCCC3)n2)CC1. The molecular formula is C17H27N7. The van der Waals surface area contributed by atoms with E-state index in [9.17, 15) is 0 Å². The Hall–Kier alpha value is -1.92. The lowest BCUT2D eigenvalue weighted by molar-refractivity contribution is 0.665. The zero-order valence-electron chi connectivity index (χ0n) is 14.4. The van der Waals surface area contributed by atoms with Crippen LogP contribution in [0.2, 0.25) is 0 Å². The lowest BCUT2D eigenvalue weighted by Gasteiger charge is -2.20. The molecule has 0 unspecified atom stereocenters. The molecule has 0 atom stereocenters. The highest BCUT2D eigenvalue weighted by molar-refractivity contribution is 5.85. The van der Waals surface area contributed by atoms with Crippen LogP contribution in [0.1, 0.15) is 57.8 Å². The molecule has 7 nitrogen and oxygen atoms in total. The minimum atomic E-state index is 0.590. The second-order valence-corrected chi connectivity index (χ2v) is 7.00. The van der Waals surface area contributed by atoms with Gasteiger partial charge in [0, 0.05) is 31.9 Å². The van der Waals surface area contributed by atoms with Crippen molar-refractivity contribution in [3.63, 3.8) is 0 Å². The fourth-order valence-corrected chi connectivity index (χ4v) is 3.72. The van der Waals surface area contributed by atoms with E-state index in [0.29, 0.717) is 5.95 Å². The van der Waals surface area contributed by atoms with Crippen LogP contribution in [0.4, 0.5) is 17.8 Å². The molecule has 0 spiro atoms. The molecular weight excluding hydrogens is 302 g/mol. The van der Waals surface area contributed by atoms with Crippen molar-refractivity contribution in [3.8, 4) is 0 Å². The van der Waals surface area contributed by atoms with Gasteiger partial charge in [-0.25, -0.2) is 5.43 Å². The van der Waals surface area contributed by atoms with Gasteiger partial charge >= 0.3 is 0 Å². The van der Waals surface area contributed by atoms with Crippen molar-refractivity contribution in [2.75, 3.05) is 41.4 Å². The van der Waals surface area contributed by atoms with Crippen molar-refractivity contribution < 1.29 is 0 Å². The second-order valence-electron chi connectivity index (χ2n) is 7.00. The Bertz CT molecular complexity index is 546. The van der Waals surface area contributed by atoms with Crippen molar-refractivity contribution in [1.82, 2.24) is 15.0 Å². The van der Waals surface area contributed by atoms with Gasteiger partial charge in [0.25, 0.3) is 0 Å². The van der Waals surface area contributed by atoms with E-state index in [1.54, 1.807) is 0 Å². The van der Waals surface area contributed by atoms with E-state index in [0.717, 1.165) is 50.9 Å². The van der Waals surface area contributed by atoms with E-state index >= 15 is 0 Å². The third kappa shape index (κ3) is 3.60. The molecule has 3 heterocycles. The Morgan fingerprint density at radius 1 is 0.667 bits per heavy atom. The van der Waals surface area contributed by atoms with Gasteiger partial charge in [-0.15, -0.1) is 0 Å². The number of rotatable bonds is 4. The average molecular weight is 329 g/mol. The Balaban J connectivity index is 1.56. The van der Waals surface area contributed by atoms with Crippen LogP contribution in [0, 0.1) is 0 Å². The normalized spacial score (nSPS) is 21.4. The van der Waals surface area contributed by atoms with Crippen LogP contribution < -0.4 is 15.2 Å². The van der Waals surface area contributed by atoms with Crippen LogP contribution in [0.15, 0.2) is 5.10 Å². The number of anilines is 3. The van der Waals surface area contributed by atoms with Gasteiger partial charge in [-0.1, -0.05) is 6.42 Å². The molecule has 4 rings (SSSR count). The first kappa shape index (κ1) is 15.6. The molecule has 0 bridgehead atoms. The molecule has 1 aromatic rings. The summed E-state index contributed by atoms with van der Waals surface area (Å²) in [5, 5.41) is 4.57. The first-order valence-electron chi connectivity index (χ1n) is 9.46. The number of nitrogens with zero attached hydrogens (tertiary/aromatic N) is 6. The Labute approximate surface area is 143 Å². The summed E-state index contributed by atoms with van der Waals surface area (Å²) in [4.78, 5) is 18.5. The highest BCUT2D eigenvalue weighted by Gasteiger charge is 2.21. The standard InChI is InChI=1S/C17H27N7/c1-2-8-14(9-3-1)21-22-15-18-16(23-10-4-5-11-23)20-17(19-15)24-12-6-7-13-24/h1-13H2,(H,18,19,20,22). The lowest BCUT2D eigenvalue weighted by atomic mass is 9.99. The number of hydrogen-bond acceptors (Lipinski definition) is 7. The van der Waals surface area contributed by atoms with Crippen molar-refractivity contribution in [2.45, 2.75) is 57.8 Å². The van der Waals surface area contributed by atoms with E-state index in [-0.39, 0.29) is 0 Å². The summed E-state index contributed by atoms with van der Waals surface area (Å²) in [6, 6.07) is 0. The Kier molecular flexibility index (Phi) is 4.76. The summed E-state index contributed by atoms with van der Waals surface area (Å²) in [5.41, 5.74) is 4.36. The van der Waals surface area contributed by atoms with Crippen molar-refractivity contribution in [2.24, 2.45) is 5.10 Å². The predicted molar refractivity (Wildman–Crippen MR) is 96.9 cm³/mol. The highest BCUT2D eigenvalue weighted by atomic mass is 15.4. The van der Waals surface area contributed by atoms with Crippen LogP contribution in [-0.4, -0.2) is 46.8 Å². The second kappa shape index (κ2) is 7.32. The molecule has 24 heavy (non-hydrogen) atoms. The van der Waals surface area contributed by atoms with Gasteiger partial charge in [-0.2, -0.15) is 20.1 Å². The molecule has 7 heteroatoms. The largest absolute Gasteiger partial charge is 0.341 e. The summed E-state index contributed by atoms with van der Waals surface area (Å²) in [6.07, 6.45) is 10.9. The number of hydrazone groups is 1. The molecule has 1 aliphatic carbocycles. The molecule has 2 aliphatic heterocycles. The van der Waals surface area contributed by atoms with Gasteiger partial charge in [0.15, 0.2) is 0 Å². The first-order chi connectivity index (χ1) is 11.9. The maximum Gasteiger partial charge on any atom is 0.250 e. The van der Waals surface area contributed by atoms with Crippen LogP contribution >= 0.6 is 0 Å². The van der Waals surface area contributed by atoms with E-state index in [2.05, 4.69) is 30.3 Å². The summed E-state index contributed by atoms with van der Waals surface area (Å²) < 4.78 is 0. The molecule has 3 aliphatic rings. The highest BCUT2D eigenvalue weighted by Crippen LogP contribution is 2.23. The van der Waals surface area contributed by atoms with Gasteiger partial charge in [0.2, 0.25) is 17.8 Å². The molecule has 1 saturated carbocycles. The number of hydrogen-bond donors (Lipinski definition) is 1. The van der Waals surface area contributed by atoms with Crippen LogP contribution in [-0.2, 0) is 0 Å². The quantitative estimate of drug-likeness (QED) is 0.857. The average Bonchev–Trinajstić information content (AvgIpc) is 3.34. The molecule has 1 N–H and O–H groups in total. The minimum absolute atomic E-state index is 0.590. The molecule has 0 radical (unpaired) electrons. The minimum Gasteiger partial charge on any atom is -0.341 e. The fraction of sp³-hybridized carbons (Fsp3) is 0.765. The van der Waals surface area contributed by atoms with E-state index in [1.807, 2.05) is 0 Å². The van der Waals surface area contributed by atoms with Gasteiger partial charge in [-0.05, 0) is 51.4 Å². The van der Waals surface area contributed by atoms with Gasteiger partial charge in [0.05, 0.1) is 0 Å². The molecule has 0 aromatic carbocycles. The van der Waals surface area contributed by atoms with Crippen molar-refractivity contribution >= 4 is 23.6 Å². The monoisotopic (exact) mass is 329 g/mol. The van der Waals surface area contributed by atoms with E-state index in [4.69, 9.17) is 4.98 Å². The fourth-order valence-electron chi connectivity index (χ4n) is 3.72. The summed E-state index contributed by atoms with van der Waals surface area (Å²) >= 11 is 0. The third-order valence-corrected chi connectivity index (χ3v) is 5.13. The summed E-state index contributed by atoms with van der Waals surface area (Å²) in [5.74, 6) is 2.19. The van der Waals surface area contributed by atoms with Crippen LogP contribution in [0.5, 0.6) is 0 Å². The Morgan fingerprint density at radius 3 is 1.75 bits per heavy atom. The lowest BCUT2D eigenvalue weighted by Crippen LogP contribution is -2.26. The predicted octanol–water partition coefficient (Wildman–Crippen LogP) is 2.80. The van der Waals surface area contributed by atoms with Gasteiger partial charge < -0.3 is 9.80 Å². The van der Waals surface area contributed by atoms with E-state index < -0.39 is 0 Å². The topological polar surface area (TPSA) is 69.5 Å². The molecule has 2 saturated heterocycles. The maximum absolute atomic E-state index is 4.73. The number of nitrogens with one attached hydrogen (secondary N) is 1. The van der Waals surface area contributed by atoms with Crippen molar-refractivity contribution in [1.29, 1.82) is 0 Å². The van der Waals surface area contributed by atoms with Crippen LogP contribution in [0.25, 0.3) is 0 Å². The summed E-state index contributed by atoms with van der Waals surface area (Å²) in [7, 11) is 0. The maximum atomic E-state index is 4.73. The van der Waals surface area contributed by atoms with Crippen LogP contribution in [0.3, 0.4) is 0 Å². The molecule has 0 amide bonds. The van der Waals surface area contributed by atoms with Gasteiger partial charge in [-0.3, -0.25) is 0 Å². The molecule has 130 valence electrons. The first-order valence-corrected chi connectivity index (χ1v) is 9.46. The summed E-state index contributed by atoms with van der Waals surface area (Å²) in [6.45, 7) is 4.16. The zero-order chi connectivity index (χ0) is 16.2. The Morgan fingerprint density at radius 2 is 1.21 bits per heavy atom. The van der Waals surface area contributed by atoms with E-state index in [1.165, 1.54) is 50.7 Å². The number of aromatic nitrogens is 3. The third-order valence-electron chi connectivity index (χ3n) is 5.13.